The summed E-state index contributed by atoms with van der Waals surface area (Å²) in [6, 6.07) is 11.5. The van der Waals surface area contributed by atoms with Crippen molar-refractivity contribution in [2.24, 2.45) is 0 Å². The SMILES string of the molecule is Cc1ccc(C)c(-c2cnc(N)c(-c3nnnn3-c3ccc(OCCN4CCCCC4)c(C)c3F)c2)c1. The summed E-state index contributed by atoms with van der Waals surface area (Å²) in [7, 11) is 0. The first kappa shape index (κ1) is 24.8. The quantitative estimate of drug-likeness (QED) is 0.385. The minimum Gasteiger partial charge on any atom is -0.492 e. The number of hydrogen-bond acceptors (Lipinski definition) is 7. The molecule has 2 aromatic carbocycles. The van der Waals surface area contributed by atoms with E-state index in [0.717, 1.165) is 41.9 Å². The summed E-state index contributed by atoms with van der Waals surface area (Å²) in [5.41, 5.74) is 11.6. The second-order valence-electron chi connectivity index (χ2n) is 9.66. The van der Waals surface area contributed by atoms with Gasteiger partial charge >= 0.3 is 0 Å². The molecule has 0 bridgehead atoms. The molecule has 5 rings (SSSR count). The Labute approximate surface area is 216 Å². The van der Waals surface area contributed by atoms with E-state index in [1.807, 2.05) is 19.9 Å². The lowest BCUT2D eigenvalue weighted by Gasteiger charge is -2.26. The van der Waals surface area contributed by atoms with E-state index in [1.165, 1.54) is 23.9 Å². The summed E-state index contributed by atoms with van der Waals surface area (Å²) < 4.78 is 22.9. The third-order valence-electron chi connectivity index (χ3n) is 6.99. The maximum atomic E-state index is 15.6. The van der Waals surface area contributed by atoms with Crippen LogP contribution >= 0.6 is 0 Å². The minimum absolute atomic E-state index is 0.220. The molecule has 2 aromatic heterocycles. The molecule has 0 atom stereocenters. The highest BCUT2D eigenvalue weighted by atomic mass is 19.1. The fraction of sp³-hybridized carbons (Fsp3) is 0.357. The van der Waals surface area contributed by atoms with Crippen LogP contribution in [0.15, 0.2) is 42.6 Å². The first-order valence-corrected chi connectivity index (χ1v) is 12.7. The van der Waals surface area contributed by atoms with Gasteiger partial charge in [-0.05, 0) is 86.5 Å². The molecule has 0 spiro atoms. The largest absolute Gasteiger partial charge is 0.492 e. The van der Waals surface area contributed by atoms with Crippen LogP contribution in [0.5, 0.6) is 5.75 Å². The first-order chi connectivity index (χ1) is 17.9. The van der Waals surface area contributed by atoms with Crippen molar-refractivity contribution in [2.75, 3.05) is 32.0 Å². The van der Waals surface area contributed by atoms with E-state index in [2.05, 4.69) is 43.6 Å². The van der Waals surface area contributed by atoms with Gasteiger partial charge in [0.05, 0.1) is 5.56 Å². The third kappa shape index (κ3) is 5.17. The van der Waals surface area contributed by atoms with Crippen molar-refractivity contribution in [3.63, 3.8) is 0 Å². The molecule has 4 aromatic rings. The van der Waals surface area contributed by atoms with E-state index in [0.29, 0.717) is 29.3 Å². The average Bonchev–Trinajstić information content (AvgIpc) is 3.38. The molecule has 0 unspecified atom stereocenters. The van der Waals surface area contributed by atoms with Crippen molar-refractivity contribution in [1.82, 2.24) is 30.1 Å². The van der Waals surface area contributed by atoms with Crippen LogP contribution in [0.2, 0.25) is 0 Å². The number of pyridine rings is 1. The van der Waals surface area contributed by atoms with Gasteiger partial charge in [-0.3, -0.25) is 4.90 Å². The van der Waals surface area contributed by atoms with E-state index >= 15 is 4.39 Å². The smallest absolute Gasteiger partial charge is 0.190 e. The van der Waals surface area contributed by atoms with Crippen LogP contribution in [-0.2, 0) is 0 Å². The Kier molecular flexibility index (Phi) is 7.14. The number of aryl methyl sites for hydroxylation is 2. The molecule has 0 saturated carbocycles. The van der Waals surface area contributed by atoms with E-state index in [4.69, 9.17) is 10.5 Å². The molecule has 3 heterocycles. The van der Waals surface area contributed by atoms with Gasteiger partial charge in [-0.25, -0.2) is 9.37 Å². The molecule has 0 aliphatic carbocycles. The van der Waals surface area contributed by atoms with Crippen molar-refractivity contribution >= 4 is 5.82 Å². The predicted octanol–water partition coefficient (Wildman–Crippen LogP) is 4.90. The summed E-state index contributed by atoms with van der Waals surface area (Å²) in [4.78, 5) is 6.79. The Morgan fingerprint density at radius 3 is 2.62 bits per heavy atom. The molecule has 9 heteroatoms. The normalized spacial score (nSPS) is 14.2. The Balaban J connectivity index is 1.43. The molecule has 1 aliphatic heterocycles. The average molecular weight is 502 g/mol. The number of hydrogen-bond donors (Lipinski definition) is 1. The van der Waals surface area contributed by atoms with Crippen LogP contribution in [0, 0.1) is 26.6 Å². The highest BCUT2D eigenvalue weighted by Gasteiger charge is 2.21. The molecule has 192 valence electrons. The molecule has 0 radical (unpaired) electrons. The molecule has 37 heavy (non-hydrogen) atoms. The van der Waals surface area contributed by atoms with Gasteiger partial charge in [-0.15, -0.1) is 5.10 Å². The predicted molar refractivity (Wildman–Crippen MR) is 142 cm³/mol. The Morgan fingerprint density at radius 1 is 1.00 bits per heavy atom. The van der Waals surface area contributed by atoms with Gasteiger partial charge in [0.15, 0.2) is 11.6 Å². The number of halogens is 1. The van der Waals surface area contributed by atoms with Gasteiger partial charge in [0.25, 0.3) is 0 Å². The lowest BCUT2D eigenvalue weighted by Crippen LogP contribution is -2.33. The van der Waals surface area contributed by atoms with Crippen LogP contribution in [0.4, 0.5) is 10.2 Å². The third-order valence-corrected chi connectivity index (χ3v) is 6.99. The van der Waals surface area contributed by atoms with E-state index < -0.39 is 5.82 Å². The molecule has 2 N–H and O–H groups in total. The molecule has 8 nitrogen and oxygen atoms in total. The van der Waals surface area contributed by atoms with Crippen LogP contribution in [0.25, 0.3) is 28.2 Å². The number of tetrazole rings is 1. The van der Waals surface area contributed by atoms with Crippen molar-refractivity contribution < 1.29 is 9.13 Å². The maximum absolute atomic E-state index is 15.6. The van der Waals surface area contributed by atoms with Crippen LogP contribution < -0.4 is 10.5 Å². The van der Waals surface area contributed by atoms with Crippen LogP contribution in [0.1, 0.15) is 36.0 Å². The Bertz CT molecular complexity index is 1410. The number of piperidine rings is 1. The number of anilines is 1. The van der Waals surface area contributed by atoms with Crippen molar-refractivity contribution in [2.45, 2.75) is 40.0 Å². The number of ether oxygens (including phenoxy) is 1. The first-order valence-electron chi connectivity index (χ1n) is 12.7. The number of likely N-dealkylation sites (tertiary alicyclic amines) is 1. The monoisotopic (exact) mass is 501 g/mol. The lowest BCUT2D eigenvalue weighted by molar-refractivity contribution is 0.182. The zero-order valence-corrected chi connectivity index (χ0v) is 21.5. The fourth-order valence-corrected chi connectivity index (χ4v) is 4.81. The number of nitrogens with two attached hydrogens (primary N) is 1. The summed E-state index contributed by atoms with van der Waals surface area (Å²) in [5, 5.41) is 12.1. The summed E-state index contributed by atoms with van der Waals surface area (Å²) in [5.74, 6) is 0.654. The van der Waals surface area contributed by atoms with Crippen molar-refractivity contribution in [3.05, 3.63) is 65.1 Å². The molecule has 1 fully saturated rings. The summed E-state index contributed by atoms with van der Waals surface area (Å²) in [6.45, 7) is 9.34. The zero-order valence-electron chi connectivity index (χ0n) is 21.5. The van der Waals surface area contributed by atoms with Crippen LogP contribution in [0.3, 0.4) is 0 Å². The van der Waals surface area contributed by atoms with Gasteiger partial charge in [0.2, 0.25) is 0 Å². The summed E-state index contributed by atoms with van der Waals surface area (Å²) >= 11 is 0. The van der Waals surface area contributed by atoms with Gasteiger partial charge in [-0.1, -0.05) is 30.2 Å². The standard InChI is InChI=1S/C28H32FN7O/c1-18-7-8-19(2)22(15-18)21-16-23(27(30)31-17-21)28-32-33-34-36(28)24-9-10-25(20(3)26(24)29)37-14-13-35-11-5-4-6-12-35/h7-10,15-17H,4-6,11-14H2,1-3H3,(H2,30,31). The number of nitrogens with zero attached hydrogens (tertiary/aromatic N) is 6. The molecular formula is C28H32FN7O. The lowest BCUT2D eigenvalue weighted by atomic mass is 9.98. The topological polar surface area (TPSA) is 95.0 Å². The number of benzene rings is 2. The van der Waals surface area contributed by atoms with E-state index in [9.17, 15) is 0 Å². The second kappa shape index (κ2) is 10.6. The van der Waals surface area contributed by atoms with Crippen molar-refractivity contribution in [1.29, 1.82) is 0 Å². The van der Waals surface area contributed by atoms with Crippen molar-refractivity contribution in [3.8, 4) is 34.0 Å². The maximum Gasteiger partial charge on any atom is 0.190 e. The molecule has 1 saturated heterocycles. The molecular weight excluding hydrogens is 469 g/mol. The Morgan fingerprint density at radius 2 is 1.81 bits per heavy atom. The van der Waals surface area contributed by atoms with E-state index in [1.54, 1.807) is 25.3 Å². The van der Waals surface area contributed by atoms with Gasteiger partial charge in [0, 0.05) is 23.9 Å². The number of rotatable bonds is 7. The van der Waals surface area contributed by atoms with Gasteiger partial charge in [0.1, 0.15) is 23.9 Å². The molecule has 1 aliphatic rings. The number of aromatic nitrogens is 5. The highest BCUT2D eigenvalue weighted by Crippen LogP contribution is 2.33. The van der Waals surface area contributed by atoms with Gasteiger partial charge in [-0.2, -0.15) is 4.68 Å². The highest BCUT2D eigenvalue weighted by molar-refractivity contribution is 5.78. The molecule has 0 amide bonds. The Hall–Kier alpha value is -3.85. The zero-order chi connectivity index (χ0) is 25.9. The summed E-state index contributed by atoms with van der Waals surface area (Å²) in [6.07, 6.45) is 5.48. The minimum atomic E-state index is -0.443. The van der Waals surface area contributed by atoms with Gasteiger partial charge < -0.3 is 10.5 Å². The number of nitrogen functional groups attached to an aromatic ring is 1. The fourth-order valence-electron chi connectivity index (χ4n) is 4.81. The second-order valence-corrected chi connectivity index (χ2v) is 9.66. The van der Waals surface area contributed by atoms with E-state index in [-0.39, 0.29) is 11.5 Å². The van der Waals surface area contributed by atoms with Crippen LogP contribution in [-0.4, -0.2) is 56.3 Å².